The summed E-state index contributed by atoms with van der Waals surface area (Å²) in [6.07, 6.45) is 1.62. The molecule has 0 aliphatic heterocycles. The van der Waals surface area contributed by atoms with Gasteiger partial charge >= 0.3 is 0 Å². The van der Waals surface area contributed by atoms with Crippen LogP contribution in [-0.4, -0.2) is 50.6 Å². The van der Waals surface area contributed by atoms with Gasteiger partial charge in [-0.25, -0.2) is 4.68 Å². The third-order valence-corrected chi connectivity index (χ3v) is 3.38. The van der Waals surface area contributed by atoms with Crippen LogP contribution in [-0.2, 0) is 0 Å². The zero-order valence-corrected chi connectivity index (χ0v) is 12.9. The summed E-state index contributed by atoms with van der Waals surface area (Å²) in [5.41, 5.74) is 2.96. The number of aryl methyl sites for hydroxylation is 1. The average molecular weight is 300 g/mol. The molecule has 6 heteroatoms. The van der Waals surface area contributed by atoms with Crippen LogP contribution in [0, 0.1) is 13.8 Å². The predicted octanol–water partition coefficient (Wildman–Crippen LogP) is 1.50. The number of aliphatic hydroxyl groups excluding tert-OH is 1. The largest absolute Gasteiger partial charge is 0.395 e. The standard InChI is InChI=1S/C16H20N4O2/c1-4-9-19(10-11-21)16(22)15-13(3)20(18-17-15)14-7-5-12(2)6-8-14/h4-8,21H,1,9-11H2,2-3H3. The summed E-state index contributed by atoms with van der Waals surface area (Å²) in [6, 6.07) is 7.82. The molecule has 0 atom stereocenters. The first kappa shape index (κ1) is 15.9. The zero-order valence-electron chi connectivity index (χ0n) is 12.9. The normalized spacial score (nSPS) is 10.5. The van der Waals surface area contributed by atoms with Crippen LogP contribution in [0.1, 0.15) is 21.7 Å². The highest BCUT2D eigenvalue weighted by Gasteiger charge is 2.22. The van der Waals surface area contributed by atoms with E-state index in [1.165, 1.54) is 4.90 Å². The van der Waals surface area contributed by atoms with Gasteiger partial charge in [-0.05, 0) is 26.0 Å². The summed E-state index contributed by atoms with van der Waals surface area (Å²) in [7, 11) is 0. The van der Waals surface area contributed by atoms with Crippen molar-refractivity contribution in [1.29, 1.82) is 0 Å². The monoisotopic (exact) mass is 300 g/mol. The molecule has 1 heterocycles. The summed E-state index contributed by atoms with van der Waals surface area (Å²) in [4.78, 5) is 14.0. The van der Waals surface area contributed by atoms with E-state index >= 15 is 0 Å². The Morgan fingerprint density at radius 2 is 2.05 bits per heavy atom. The molecule has 2 aromatic rings. The molecule has 0 saturated carbocycles. The molecule has 0 spiro atoms. The van der Waals surface area contributed by atoms with Crippen molar-refractivity contribution in [1.82, 2.24) is 19.9 Å². The van der Waals surface area contributed by atoms with Crippen molar-refractivity contribution >= 4 is 5.91 Å². The Balaban J connectivity index is 2.31. The molecule has 0 bridgehead atoms. The Kier molecular flexibility index (Phi) is 5.06. The first-order chi connectivity index (χ1) is 10.6. The molecule has 1 amide bonds. The van der Waals surface area contributed by atoms with Gasteiger partial charge in [0.05, 0.1) is 18.0 Å². The molecule has 1 aromatic carbocycles. The van der Waals surface area contributed by atoms with Gasteiger partial charge in [0.15, 0.2) is 5.69 Å². The minimum absolute atomic E-state index is 0.106. The SMILES string of the molecule is C=CCN(CCO)C(=O)c1nnn(-c2ccc(C)cc2)c1C. The van der Waals surface area contributed by atoms with E-state index in [1.54, 1.807) is 17.7 Å². The third-order valence-electron chi connectivity index (χ3n) is 3.38. The Labute approximate surface area is 129 Å². The Bertz CT molecular complexity index is 661. The number of benzene rings is 1. The molecule has 0 unspecified atom stereocenters. The molecule has 0 saturated heterocycles. The molecule has 0 fully saturated rings. The minimum Gasteiger partial charge on any atom is -0.395 e. The summed E-state index contributed by atoms with van der Waals surface area (Å²) < 4.78 is 1.64. The molecule has 0 aliphatic carbocycles. The van der Waals surface area contributed by atoms with Crippen LogP contribution in [0.5, 0.6) is 0 Å². The maximum Gasteiger partial charge on any atom is 0.276 e. The lowest BCUT2D eigenvalue weighted by Crippen LogP contribution is -2.34. The van der Waals surface area contributed by atoms with Crippen molar-refractivity contribution in [3.05, 3.63) is 53.9 Å². The van der Waals surface area contributed by atoms with Gasteiger partial charge in [-0.1, -0.05) is 29.0 Å². The van der Waals surface area contributed by atoms with E-state index in [0.717, 1.165) is 11.3 Å². The number of aliphatic hydroxyl groups is 1. The van der Waals surface area contributed by atoms with E-state index in [2.05, 4.69) is 16.9 Å². The summed E-state index contributed by atoms with van der Waals surface area (Å²) in [5, 5.41) is 17.1. The second kappa shape index (κ2) is 7.00. The minimum atomic E-state index is -0.259. The van der Waals surface area contributed by atoms with Gasteiger partial charge in [-0.15, -0.1) is 11.7 Å². The van der Waals surface area contributed by atoms with Gasteiger partial charge in [-0.2, -0.15) is 0 Å². The molecule has 1 aromatic heterocycles. The second-order valence-corrected chi connectivity index (χ2v) is 5.03. The van der Waals surface area contributed by atoms with Crippen molar-refractivity contribution in [2.75, 3.05) is 19.7 Å². The van der Waals surface area contributed by atoms with Crippen LogP contribution in [0.15, 0.2) is 36.9 Å². The molecular weight excluding hydrogens is 280 g/mol. The topological polar surface area (TPSA) is 71.2 Å². The van der Waals surface area contributed by atoms with Gasteiger partial charge in [0.1, 0.15) is 0 Å². The van der Waals surface area contributed by atoms with E-state index in [9.17, 15) is 4.79 Å². The lowest BCUT2D eigenvalue weighted by molar-refractivity contribution is 0.0736. The molecule has 1 N–H and O–H groups in total. The molecule has 0 radical (unpaired) electrons. The van der Waals surface area contributed by atoms with Crippen LogP contribution in [0.2, 0.25) is 0 Å². The molecule has 6 nitrogen and oxygen atoms in total. The average Bonchev–Trinajstić information content (AvgIpc) is 2.89. The first-order valence-electron chi connectivity index (χ1n) is 7.09. The molecule has 2 rings (SSSR count). The molecule has 0 aliphatic rings. The molecule has 22 heavy (non-hydrogen) atoms. The van der Waals surface area contributed by atoms with E-state index in [0.29, 0.717) is 12.2 Å². The highest BCUT2D eigenvalue weighted by molar-refractivity contribution is 5.93. The Morgan fingerprint density at radius 1 is 1.36 bits per heavy atom. The van der Waals surface area contributed by atoms with Crippen molar-refractivity contribution in [3.8, 4) is 5.69 Å². The fraction of sp³-hybridized carbons (Fsp3) is 0.312. The van der Waals surface area contributed by atoms with E-state index in [4.69, 9.17) is 5.11 Å². The van der Waals surface area contributed by atoms with Crippen LogP contribution in [0.4, 0.5) is 0 Å². The number of nitrogens with zero attached hydrogens (tertiary/aromatic N) is 4. The van der Waals surface area contributed by atoms with Gasteiger partial charge in [0.2, 0.25) is 0 Å². The lowest BCUT2D eigenvalue weighted by Gasteiger charge is -2.18. The van der Waals surface area contributed by atoms with Crippen LogP contribution >= 0.6 is 0 Å². The van der Waals surface area contributed by atoms with E-state index in [1.807, 2.05) is 31.2 Å². The van der Waals surface area contributed by atoms with Crippen molar-refractivity contribution < 1.29 is 9.90 Å². The number of rotatable bonds is 6. The fourth-order valence-corrected chi connectivity index (χ4v) is 2.16. The van der Waals surface area contributed by atoms with Gasteiger partial charge in [0, 0.05) is 13.1 Å². The second-order valence-electron chi connectivity index (χ2n) is 5.03. The first-order valence-corrected chi connectivity index (χ1v) is 7.09. The third kappa shape index (κ3) is 3.23. The number of carbonyl (C=O) groups is 1. The fourth-order valence-electron chi connectivity index (χ4n) is 2.16. The van der Waals surface area contributed by atoms with Crippen LogP contribution in [0.25, 0.3) is 5.69 Å². The highest BCUT2D eigenvalue weighted by atomic mass is 16.3. The maximum absolute atomic E-state index is 12.5. The quantitative estimate of drug-likeness (QED) is 0.821. The van der Waals surface area contributed by atoms with Crippen molar-refractivity contribution in [3.63, 3.8) is 0 Å². The van der Waals surface area contributed by atoms with E-state index in [-0.39, 0.29) is 24.8 Å². The maximum atomic E-state index is 12.5. The van der Waals surface area contributed by atoms with Gasteiger partial charge < -0.3 is 10.0 Å². The van der Waals surface area contributed by atoms with E-state index < -0.39 is 0 Å². The number of aromatic nitrogens is 3. The number of amides is 1. The smallest absolute Gasteiger partial charge is 0.276 e. The Morgan fingerprint density at radius 3 is 2.64 bits per heavy atom. The number of carbonyl (C=O) groups excluding carboxylic acids is 1. The van der Waals surface area contributed by atoms with Crippen LogP contribution in [0.3, 0.4) is 0 Å². The molecular formula is C16H20N4O2. The lowest BCUT2D eigenvalue weighted by atomic mass is 10.2. The van der Waals surface area contributed by atoms with Crippen molar-refractivity contribution in [2.24, 2.45) is 0 Å². The van der Waals surface area contributed by atoms with Crippen molar-refractivity contribution in [2.45, 2.75) is 13.8 Å². The highest BCUT2D eigenvalue weighted by Crippen LogP contribution is 2.14. The summed E-state index contributed by atoms with van der Waals surface area (Å²) in [6.45, 7) is 7.93. The van der Waals surface area contributed by atoms with Gasteiger partial charge in [-0.3, -0.25) is 4.79 Å². The Hall–Kier alpha value is -2.47. The zero-order chi connectivity index (χ0) is 16.1. The molecule has 116 valence electrons. The summed E-state index contributed by atoms with van der Waals surface area (Å²) in [5.74, 6) is -0.259. The van der Waals surface area contributed by atoms with Crippen LogP contribution < -0.4 is 0 Å². The van der Waals surface area contributed by atoms with Gasteiger partial charge in [0.25, 0.3) is 5.91 Å². The number of hydrogen-bond acceptors (Lipinski definition) is 4. The predicted molar refractivity (Wildman–Crippen MR) is 84.0 cm³/mol. The summed E-state index contributed by atoms with van der Waals surface area (Å²) >= 11 is 0. The number of hydrogen-bond donors (Lipinski definition) is 1.